The van der Waals surface area contributed by atoms with Crippen molar-refractivity contribution in [1.82, 2.24) is 5.32 Å². The summed E-state index contributed by atoms with van der Waals surface area (Å²) in [5.74, 6) is 0.0348. The number of carbonyl (C=O) groups is 1. The summed E-state index contributed by atoms with van der Waals surface area (Å²) in [7, 11) is 0. The molecule has 0 aliphatic carbocycles. The maximum Gasteiger partial charge on any atom is 0.239 e. The van der Waals surface area contributed by atoms with E-state index in [1.165, 1.54) is 22.9 Å². The number of carbonyl (C=O) groups excluding carboxylic acids is 1. The first-order valence-corrected chi connectivity index (χ1v) is 6.07. The standard InChI is InChI=1S/C12H14N2OS/c1-7-4-5-10(6-8(7)2)13-12-14-11(15)9(3)16-12/h4-6,9H,1-3H3,(H,13,14,15)/t9-/m1/s1. The molecule has 3 nitrogen and oxygen atoms in total. The van der Waals surface area contributed by atoms with Crippen molar-refractivity contribution in [3.63, 3.8) is 0 Å². The van der Waals surface area contributed by atoms with Gasteiger partial charge in [0.15, 0.2) is 5.17 Å². The Labute approximate surface area is 99.3 Å². The van der Waals surface area contributed by atoms with Crippen LogP contribution in [0.15, 0.2) is 23.2 Å². The van der Waals surface area contributed by atoms with Gasteiger partial charge in [0.05, 0.1) is 10.9 Å². The first kappa shape index (κ1) is 11.2. The van der Waals surface area contributed by atoms with Gasteiger partial charge >= 0.3 is 0 Å². The lowest BCUT2D eigenvalue weighted by atomic mass is 10.1. The molecule has 0 unspecified atom stereocenters. The van der Waals surface area contributed by atoms with E-state index in [4.69, 9.17) is 0 Å². The molecular formula is C12H14N2OS. The highest BCUT2D eigenvalue weighted by molar-refractivity contribution is 8.15. The molecule has 0 radical (unpaired) electrons. The highest BCUT2D eigenvalue weighted by Gasteiger charge is 2.25. The minimum atomic E-state index is -0.0368. The number of thioether (sulfide) groups is 1. The Morgan fingerprint density at radius 3 is 2.62 bits per heavy atom. The van der Waals surface area contributed by atoms with Crippen molar-refractivity contribution in [3.05, 3.63) is 29.3 Å². The molecule has 1 aromatic carbocycles. The molecule has 1 N–H and O–H groups in total. The summed E-state index contributed by atoms with van der Waals surface area (Å²) in [6, 6.07) is 6.03. The largest absolute Gasteiger partial charge is 0.304 e. The van der Waals surface area contributed by atoms with E-state index in [-0.39, 0.29) is 11.2 Å². The van der Waals surface area contributed by atoms with Crippen LogP contribution in [0.3, 0.4) is 0 Å². The van der Waals surface area contributed by atoms with Crippen LogP contribution < -0.4 is 5.32 Å². The van der Waals surface area contributed by atoms with Gasteiger partial charge in [-0.2, -0.15) is 0 Å². The van der Waals surface area contributed by atoms with Gasteiger partial charge in [-0.1, -0.05) is 17.8 Å². The van der Waals surface area contributed by atoms with Crippen molar-refractivity contribution in [2.24, 2.45) is 4.99 Å². The minimum Gasteiger partial charge on any atom is -0.304 e. The van der Waals surface area contributed by atoms with Crippen molar-refractivity contribution >= 4 is 28.5 Å². The second-order valence-corrected chi connectivity index (χ2v) is 5.26. The average molecular weight is 234 g/mol. The van der Waals surface area contributed by atoms with Crippen LogP contribution >= 0.6 is 11.8 Å². The third-order valence-corrected chi connectivity index (χ3v) is 3.59. The molecule has 2 rings (SSSR count). The molecular weight excluding hydrogens is 220 g/mol. The van der Waals surface area contributed by atoms with Crippen molar-refractivity contribution < 1.29 is 4.79 Å². The monoisotopic (exact) mass is 234 g/mol. The van der Waals surface area contributed by atoms with Crippen molar-refractivity contribution in [1.29, 1.82) is 0 Å². The maximum absolute atomic E-state index is 11.3. The summed E-state index contributed by atoms with van der Waals surface area (Å²) in [5, 5.41) is 3.42. The van der Waals surface area contributed by atoms with Gasteiger partial charge < -0.3 is 5.32 Å². The molecule has 1 atom stereocenters. The van der Waals surface area contributed by atoms with E-state index in [2.05, 4.69) is 24.2 Å². The van der Waals surface area contributed by atoms with Crippen LogP contribution in [0.4, 0.5) is 5.69 Å². The Morgan fingerprint density at radius 2 is 2.06 bits per heavy atom. The Bertz CT molecular complexity index is 468. The fraction of sp³-hybridized carbons (Fsp3) is 0.333. The third-order valence-electron chi connectivity index (χ3n) is 2.61. The van der Waals surface area contributed by atoms with Gasteiger partial charge in [-0.3, -0.25) is 4.79 Å². The number of benzene rings is 1. The molecule has 0 bridgehead atoms. The number of hydrogen-bond donors (Lipinski definition) is 1. The number of nitrogens with zero attached hydrogens (tertiary/aromatic N) is 1. The van der Waals surface area contributed by atoms with Gasteiger partial charge in [-0.25, -0.2) is 4.99 Å². The van der Waals surface area contributed by atoms with Crippen LogP contribution in [0.2, 0.25) is 0 Å². The molecule has 1 aliphatic rings. The van der Waals surface area contributed by atoms with Crippen molar-refractivity contribution in [2.75, 3.05) is 0 Å². The number of hydrogen-bond acceptors (Lipinski definition) is 3. The normalized spacial score (nSPS) is 22.6. The second kappa shape index (κ2) is 4.29. The lowest BCUT2D eigenvalue weighted by molar-refractivity contribution is -0.118. The average Bonchev–Trinajstić information content (AvgIpc) is 2.52. The predicted molar refractivity (Wildman–Crippen MR) is 68.2 cm³/mol. The number of amidine groups is 1. The minimum absolute atomic E-state index is 0.0348. The number of aliphatic imine (C=N–C) groups is 1. The van der Waals surface area contributed by atoms with Crippen molar-refractivity contribution in [3.8, 4) is 0 Å². The van der Waals surface area contributed by atoms with E-state index in [0.717, 1.165) is 5.69 Å². The molecule has 1 heterocycles. The topological polar surface area (TPSA) is 41.5 Å². The number of nitrogens with one attached hydrogen (secondary N) is 1. The summed E-state index contributed by atoms with van der Waals surface area (Å²) < 4.78 is 0. The number of aryl methyl sites for hydroxylation is 2. The second-order valence-electron chi connectivity index (χ2n) is 3.93. The van der Waals surface area contributed by atoms with Gasteiger partial charge in [0.25, 0.3) is 0 Å². The van der Waals surface area contributed by atoms with Crippen LogP contribution in [0.25, 0.3) is 0 Å². The van der Waals surface area contributed by atoms with E-state index in [9.17, 15) is 4.79 Å². The molecule has 4 heteroatoms. The Kier molecular flexibility index (Phi) is 3.01. The summed E-state index contributed by atoms with van der Waals surface area (Å²) in [6.07, 6.45) is 0. The van der Waals surface area contributed by atoms with Crippen LogP contribution in [-0.2, 0) is 4.79 Å². The maximum atomic E-state index is 11.3. The molecule has 0 saturated carbocycles. The number of rotatable bonds is 1. The van der Waals surface area contributed by atoms with Crippen LogP contribution in [0, 0.1) is 13.8 Å². The predicted octanol–water partition coefficient (Wildman–Crippen LogP) is 2.54. The van der Waals surface area contributed by atoms with E-state index in [0.29, 0.717) is 5.17 Å². The highest BCUT2D eigenvalue weighted by atomic mass is 32.2. The van der Waals surface area contributed by atoms with Crippen molar-refractivity contribution in [2.45, 2.75) is 26.0 Å². The molecule has 0 spiro atoms. The third kappa shape index (κ3) is 2.27. The van der Waals surface area contributed by atoms with E-state index in [1.54, 1.807) is 0 Å². The fourth-order valence-electron chi connectivity index (χ4n) is 1.42. The van der Waals surface area contributed by atoms with E-state index in [1.807, 2.05) is 25.1 Å². The van der Waals surface area contributed by atoms with Gasteiger partial charge in [0, 0.05) is 0 Å². The first-order chi connectivity index (χ1) is 7.56. The first-order valence-electron chi connectivity index (χ1n) is 5.20. The van der Waals surface area contributed by atoms with Crippen LogP contribution in [0.5, 0.6) is 0 Å². The molecule has 1 saturated heterocycles. The summed E-state index contributed by atoms with van der Waals surface area (Å²) in [5.41, 5.74) is 3.35. The molecule has 1 aliphatic heterocycles. The number of amides is 1. The highest BCUT2D eigenvalue weighted by Crippen LogP contribution is 2.23. The van der Waals surface area contributed by atoms with Gasteiger partial charge in [-0.15, -0.1) is 0 Å². The summed E-state index contributed by atoms with van der Waals surface area (Å²) >= 11 is 1.47. The molecule has 1 amide bonds. The lowest BCUT2D eigenvalue weighted by Crippen LogP contribution is -2.23. The SMILES string of the molecule is Cc1ccc(N=C2NC(=O)[C@@H](C)S2)cc1C. The van der Waals surface area contributed by atoms with E-state index < -0.39 is 0 Å². The Hall–Kier alpha value is -1.29. The zero-order valence-corrected chi connectivity index (χ0v) is 10.4. The quantitative estimate of drug-likeness (QED) is 0.811. The summed E-state index contributed by atoms with van der Waals surface area (Å²) in [6.45, 7) is 6.01. The van der Waals surface area contributed by atoms with Crippen LogP contribution in [-0.4, -0.2) is 16.3 Å². The van der Waals surface area contributed by atoms with Gasteiger partial charge in [0.1, 0.15) is 0 Å². The molecule has 1 aromatic rings. The molecule has 0 aromatic heterocycles. The molecule has 16 heavy (non-hydrogen) atoms. The Balaban J connectivity index is 2.24. The zero-order valence-electron chi connectivity index (χ0n) is 9.57. The molecule has 84 valence electrons. The summed E-state index contributed by atoms with van der Waals surface area (Å²) in [4.78, 5) is 15.7. The lowest BCUT2D eigenvalue weighted by Gasteiger charge is -2.01. The fourth-order valence-corrected chi connectivity index (χ4v) is 2.24. The van der Waals surface area contributed by atoms with Crippen LogP contribution in [0.1, 0.15) is 18.1 Å². The van der Waals surface area contributed by atoms with E-state index >= 15 is 0 Å². The Morgan fingerprint density at radius 1 is 1.31 bits per heavy atom. The van der Waals surface area contributed by atoms with Gasteiger partial charge in [0.2, 0.25) is 5.91 Å². The zero-order chi connectivity index (χ0) is 11.7. The van der Waals surface area contributed by atoms with Gasteiger partial charge in [-0.05, 0) is 44.0 Å². The molecule has 1 fully saturated rings. The smallest absolute Gasteiger partial charge is 0.239 e.